The third-order valence-electron chi connectivity index (χ3n) is 5.38. The fourth-order valence-corrected chi connectivity index (χ4v) is 6.15. The molecular weight excluding hydrogens is 371 g/mol. The number of carboxylic acids is 1. The monoisotopic (exact) mass is 402 g/mol. The number of carbonyl (C=O) groups is 1. The van der Waals surface area contributed by atoms with Crippen LogP contribution >= 0.6 is 7.37 Å². The molecule has 2 N–H and O–H groups in total. The quantitative estimate of drug-likeness (QED) is 0.458. The molecule has 0 aliphatic rings. The van der Waals surface area contributed by atoms with E-state index < -0.39 is 24.9 Å². The predicted molar refractivity (Wildman–Crippen MR) is 114 cm³/mol. The van der Waals surface area contributed by atoms with Gasteiger partial charge in [0.25, 0.3) is 0 Å². The maximum Gasteiger partial charge on any atom is 0.307 e. The van der Waals surface area contributed by atoms with Crippen molar-refractivity contribution < 1.29 is 19.4 Å². The lowest BCUT2D eigenvalue weighted by atomic mass is 9.87. The molecule has 0 aliphatic carbocycles. The van der Waals surface area contributed by atoms with Crippen molar-refractivity contribution in [3.63, 3.8) is 0 Å². The number of carboxylic acid groups (broad SMARTS) is 1. The smallest absolute Gasteiger partial charge is 0.307 e. The highest BCUT2D eigenvalue weighted by atomic mass is 31.2. The number of unbranched alkanes of at least 4 members (excludes halogenated alkanes) is 1. The summed E-state index contributed by atoms with van der Waals surface area (Å²) in [5, 5.41) is 9.94. The van der Waals surface area contributed by atoms with Crippen LogP contribution in [0.1, 0.15) is 56.6 Å². The van der Waals surface area contributed by atoms with Crippen LogP contribution in [0.2, 0.25) is 0 Å². The molecule has 4 nitrogen and oxygen atoms in total. The van der Waals surface area contributed by atoms with Gasteiger partial charge in [-0.2, -0.15) is 0 Å². The molecule has 0 bridgehead atoms. The first-order chi connectivity index (χ1) is 13.3. The Morgan fingerprint density at radius 2 is 1.61 bits per heavy atom. The van der Waals surface area contributed by atoms with Gasteiger partial charge in [0.05, 0.1) is 5.92 Å². The van der Waals surface area contributed by atoms with Crippen molar-refractivity contribution >= 4 is 13.3 Å². The van der Waals surface area contributed by atoms with Crippen LogP contribution in [0.5, 0.6) is 0 Å². The molecule has 0 heterocycles. The number of aliphatic carboxylic acids is 1. The first-order valence-electron chi connectivity index (χ1n) is 9.98. The van der Waals surface area contributed by atoms with Gasteiger partial charge in [0.2, 0.25) is 7.37 Å². The summed E-state index contributed by atoms with van der Waals surface area (Å²) in [6.07, 6.45) is 2.43. The van der Waals surface area contributed by atoms with Crippen molar-refractivity contribution in [1.29, 1.82) is 0 Å². The van der Waals surface area contributed by atoms with Gasteiger partial charge in [-0.3, -0.25) is 9.36 Å². The Morgan fingerprint density at radius 1 is 1.04 bits per heavy atom. The van der Waals surface area contributed by atoms with Crippen molar-refractivity contribution in [2.75, 3.05) is 0 Å². The van der Waals surface area contributed by atoms with Crippen molar-refractivity contribution in [3.05, 3.63) is 71.8 Å². The molecular formula is C23H31O4P. The zero-order valence-electron chi connectivity index (χ0n) is 16.7. The summed E-state index contributed by atoms with van der Waals surface area (Å²) >= 11 is 0. The topological polar surface area (TPSA) is 74.6 Å². The number of hydrogen-bond acceptors (Lipinski definition) is 2. The van der Waals surface area contributed by atoms with Gasteiger partial charge in [-0.15, -0.1) is 0 Å². The van der Waals surface area contributed by atoms with E-state index in [1.807, 2.05) is 74.5 Å². The largest absolute Gasteiger partial charge is 0.481 e. The lowest BCUT2D eigenvalue weighted by Gasteiger charge is -2.30. The molecule has 0 amide bonds. The Balaban J connectivity index is 2.27. The third kappa shape index (κ3) is 6.32. The maximum absolute atomic E-state index is 13.3. The molecule has 2 rings (SSSR count). The molecule has 0 aromatic heterocycles. The van der Waals surface area contributed by atoms with E-state index in [2.05, 4.69) is 0 Å². The minimum absolute atomic E-state index is 0.00292. The van der Waals surface area contributed by atoms with E-state index in [0.29, 0.717) is 12.8 Å². The van der Waals surface area contributed by atoms with Gasteiger partial charge in [-0.25, -0.2) is 0 Å². The van der Waals surface area contributed by atoms with Crippen LogP contribution in [0, 0.1) is 5.92 Å². The summed E-state index contributed by atoms with van der Waals surface area (Å²) in [4.78, 5) is 23.1. The fourth-order valence-electron chi connectivity index (χ4n) is 3.78. The summed E-state index contributed by atoms with van der Waals surface area (Å²) in [5.74, 6) is -1.82. The van der Waals surface area contributed by atoms with Crippen molar-refractivity contribution in [1.82, 2.24) is 0 Å². The van der Waals surface area contributed by atoms with E-state index in [0.717, 1.165) is 24.0 Å². The molecule has 152 valence electrons. The zero-order valence-corrected chi connectivity index (χ0v) is 17.6. The van der Waals surface area contributed by atoms with E-state index in [-0.39, 0.29) is 12.1 Å². The van der Waals surface area contributed by atoms with E-state index in [9.17, 15) is 19.4 Å². The number of rotatable bonds is 11. The van der Waals surface area contributed by atoms with Gasteiger partial charge in [0.15, 0.2) is 0 Å². The molecule has 0 aliphatic heterocycles. The van der Waals surface area contributed by atoms with Gasteiger partial charge in [-0.05, 0) is 29.9 Å². The maximum atomic E-state index is 13.3. The second-order valence-corrected chi connectivity index (χ2v) is 10.1. The van der Waals surface area contributed by atoms with E-state index in [1.54, 1.807) is 0 Å². The Labute approximate surface area is 168 Å². The van der Waals surface area contributed by atoms with Crippen LogP contribution < -0.4 is 0 Å². The standard InChI is InChI=1S/C23H31O4P/c1-3-4-15-22(28(26,27)17-19-11-7-5-8-12-19)21(23(24)25)16-18(2)20-13-9-6-10-14-20/h5-14,18,21-22H,3-4,15-17H2,1-2H3,(H,24,25)(H,26,27). The summed E-state index contributed by atoms with van der Waals surface area (Å²) in [6, 6.07) is 18.9. The van der Waals surface area contributed by atoms with Gasteiger partial charge in [0, 0.05) is 11.8 Å². The summed E-state index contributed by atoms with van der Waals surface area (Å²) < 4.78 is 13.3. The van der Waals surface area contributed by atoms with Crippen LogP contribution in [0.25, 0.3) is 0 Å². The highest BCUT2D eigenvalue weighted by Crippen LogP contribution is 2.55. The van der Waals surface area contributed by atoms with Gasteiger partial charge < -0.3 is 10.00 Å². The molecule has 4 atom stereocenters. The molecule has 2 aromatic rings. The first kappa shape index (κ1) is 22.4. The van der Waals surface area contributed by atoms with E-state index >= 15 is 0 Å². The number of benzene rings is 2. The van der Waals surface area contributed by atoms with Crippen molar-refractivity contribution in [2.24, 2.45) is 5.92 Å². The minimum Gasteiger partial charge on any atom is -0.481 e. The Hall–Kier alpha value is -1.90. The second kappa shape index (κ2) is 10.6. The summed E-state index contributed by atoms with van der Waals surface area (Å²) in [7, 11) is -3.69. The van der Waals surface area contributed by atoms with Crippen LogP contribution in [-0.2, 0) is 15.5 Å². The van der Waals surface area contributed by atoms with Gasteiger partial charge >= 0.3 is 5.97 Å². The van der Waals surface area contributed by atoms with Crippen LogP contribution in [0.15, 0.2) is 60.7 Å². The second-order valence-electron chi connectivity index (χ2n) is 7.60. The molecule has 0 fully saturated rings. The highest BCUT2D eigenvalue weighted by Gasteiger charge is 2.41. The molecule has 5 heteroatoms. The predicted octanol–water partition coefficient (Wildman–Crippen LogP) is 5.91. The Bertz CT molecular complexity index is 776. The first-order valence-corrected chi connectivity index (χ1v) is 11.9. The molecule has 0 saturated carbocycles. The van der Waals surface area contributed by atoms with Crippen LogP contribution in [-0.4, -0.2) is 21.6 Å². The average Bonchev–Trinajstić information content (AvgIpc) is 2.68. The van der Waals surface area contributed by atoms with E-state index in [1.165, 1.54) is 0 Å². The minimum atomic E-state index is -3.69. The van der Waals surface area contributed by atoms with Crippen molar-refractivity contribution in [3.8, 4) is 0 Å². The average molecular weight is 402 g/mol. The molecule has 0 radical (unpaired) electrons. The van der Waals surface area contributed by atoms with Crippen LogP contribution in [0.3, 0.4) is 0 Å². The number of hydrogen-bond donors (Lipinski definition) is 2. The zero-order chi connectivity index (χ0) is 20.6. The van der Waals surface area contributed by atoms with Gasteiger partial charge in [-0.1, -0.05) is 87.4 Å². The van der Waals surface area contributed by atoms with E-state index in [4.69, 9.17) is 0 Å². The summed E-state index contributed by atoms with van der Waals surface area (Å²) in [6.45, 7) is 4.00. The highest BCUT2D eigenvalue weighted by molar-refractivity contribution is 7.58. The molecule has 28 heavy (non-hydrogen) atoms. The Kier molecular flexibility index (Phi) is 8.47. The third-order valence-corrected chi connectivity index (χ3v) is 7.85. The Morgan fingerprint density at radius 3 is 2.14 bits per heavy atom. The molecule has 4 unspecified atom stereocenters. The fraction of sp³-hybridized carbons (Fsp3) is 0.435. The lowest BCUT2D eigenvalue weighted by molar-refractivity contribution is -0.142. The van der Waals surface area contributed by atoms with Crippen molar-refractivity contribution in [2.45, 2.75) is 57.3 Å². The molecule has 0 spiro atoms. The van der Waals surface area contributed by atoms with Crippen LogP contribution in [0.4, 0.5) is 0 Å². The summed E-state index contributed by atoms with van der Waals surface area (Å²) in [5.41, 5.74) is 1.09. The molecule has 2 aromatic carbocycles. The lowest BCUT2D eigenvalue weighted by Crippen LogP contribution is -2.30. The SMILES string of the molecule is CCCCC(C(CC(C)c1ccccc1)C(=O)O)P(=O)(O)Cc1ccccc1. The normalized spacial score (nSPS) is 16.7. The van der Waals surface area contributed by atoms with Gasteiger partial charge in [0.1, 0.15) is 0 Å². The molecule has 0 saturated heterocycles.